The van der Waals surface area contributed by atoms with E-state index in [1.807, 2.05) is 4.90 Å². The largest absolute Gasteiger partial charge is 0.378 e. The van der Waals surface area contributed by atoms with Crippen molar-refractivity contribution in [2.24, 2.45) is 11.7 Å². The number of nitrogens with zero attached hydrogens (tertiary/aromatic N) is 6. The Kier molecular flexibility index (Phi) is 11.2. The van der Waals surface area contributed by atoms with Crippen LogP contribution in [-0.4, -0.2) is 115 Å². The van der Waals surface area contributed by atoms with Crippen molar-refractivity contribution in [3.05, 3.63) is 65.1 Å². The maximum Gasteiger partial charge on any atom is 0.273 e. The second-order valence-corrected chi connectivity index (χ2v) is 14.0. The molecule has 54 heavy (non-hydrogen) atoms. The van der Waals surface area contributed by atoms with E-state index in [0.29, 0.717) is 61.7 Å². The van der Waals surface area contributed by atoms with Gasteiger partial charge in [0.15, 0.2) is 17.3 Å². The Morgan fingerprint density at radius 3 is 2.43 bits per heavy atom. The number of carbonyl (C=O) groups excluding carboxylic acids is 4. The number of piperidine rings is 2. The molecule has 0 saturated carbocycles. The highest BCUT2D eigenvalue weighted by Crippen LogP contribution is 2.29. The number of nitrogens with one attached hydrogen (secondary N) is 4. The first-order valence-electron chi connectivity index (χ1n) is 18.2. The lowest BCUT2D eigenvalue weighted by Gasteiger charge is -2.40. The Morgan fingerprint density at radius 2 is 1.74 bits per heavy atom. The topological polar surface area (TPSA) is 200 Å². The number of benzene rings is 2. The van der Waals surface area contributed by atoms with Crippen molar-refractivity contribution in [3.8, 4) is 0 Å². The van der Waals surface area contributed by atoms with Gasteiger partial charge in [-0.15, -0.1) is 10.2 Å². The van der Waals surface area contributed by atoms with E-state index in [-0.39, 0.29) is 36.0 Å². The van der Waals surface area contributed by atoms with Crippen LogP contribution in [-0.2, 0) is 14.3 Å². The lowest BCUT2D eigenvalue weighted by atomic mass is 9.95. The summed E-state index contributed by atoms with van der Waals surface area (Å²) in [6.07, 6.45) is 2.14. The van der Waals surface area contributed by atoms with Gasteiger partial charge < -0.3 is 36.2 Å². The maximum absolute atomic E-state index is 15.5. The van der Waals surface area contributed by atoms with E-state index in [1.165, 1.54) is 18.2 Å². The molecular formula is C36H43F2N11O5. The summed E-state index contributed by atoms with van der Waals surface area (Å²) < 4.78 is 36.0. The highest BCUT2D eigenvalue weighted by atomic mass is 19.1. The fourth-order valence-electron chi connectivity index (χ4n) is 7.31. The first kappa shape index (κ1) is 37.0. The number of ether oxygens (including phenoxy) is 1. The van der Waals surface area contributed by atoms with Gasteiger partial charge in [-0.05, 0) is 61.6 Å². The predicted molar refractivity (Wildman–Crippen MR) is 193 cm³/mol. The number of amides is 4. The van der Waals surface area contributed by atoms with Crippen LogP contribution in [0.15, 0.2) is 36.4 Å². The molecule has 286 valence electrons. The monoisotopic (exact) mass is 747 g/mol. The number of piperazine rings is 1. The molecule has 6 N–H and O–H groups in total. The highest BCUT2D eigenvalue weighted by molar-refractivity contribution is 6.04. The number of imide groups is 1. The van der Waals surface area contributed by atoms with Crippen LogP contribution < -0.4 is 36.8 Å². The van der Waals surface area contributed by atoms with Crippen LogP contribution in [0.5, 0.6) is 0 Å². The Balaban J connectivity index is 0.878. The first-order chi connectivity index (χ1) is 26.1. The minimum absolute atomic E-state index is 0.0876. The quantitative estimate of drug-likeness (QED) is 0.186. The molecule has 2 unspecified atom stereocenters. The summed E-state index contributed by atoms with van der Waals surface area (Å²) in [5.41, 5.74) is 6.77. The Bertz CT molecular complexity index is 1900. The molecule has 18 heteroatoms. The van der Waals surface area contributed by atoms with Crippen LogP contribution in [0.3, 0.4) is 0 Å². The molecule has 0 aliphatic carbocycles. The van der Waals surface area contributed by atoms with Crippen molar-refractivity contribution in [2.75, 3.05) is 80.7 Å². The molecule has 7 rings (SSSR count). The van der Waals surface area contributed by atoms with Crippen LogP contribution in [0.2, 0.25) is 0 Å². The van der Waals surface area contributed by atoms with E-state index in [0.717, 1.165) is 45.6 Å². The van der Waals surface area contributed by atoms with Crippen LogP contribution in [0.1, 0.15) is 58.4 Å². The van der Waals surface area contributed by atoms with Gasteiger partial charge in [0.25, 0.3) is 11.8 Å². The number of anilines is 4. The molecule has 5 heterocycles. The molecule has 0 bridgehead atoms. The third-order valence-corrected chi connectivity index (χ3v) is 10.3. The van der Waals surface area contributed by atoms with Crippen molar-refractivity contribution >= 4 is 46.5 Å². The van der Waals surface area contributed by atoms with Crippen LogP contribution in [0.4, 0.5) is 31.7 Å². The van der Waals surface area contributed by atoms with Crippen molar-refractivity contribution in [1.82, 2.24) is 36.0 Å². The normalized spacial score (nSPS) is 21.4. The third kappa shape index (κ3) is 8.55. The highest BCUT2D eigenvalue weighted by Gasteiger charge is 2.30. The van der Waals surface area contributed by atoms with E-state index in [2.05, 4.69) is 46.2 Å². The van der Waals surface area contributed by atoms with Gasteiger partial charge in [0, 0.05) is 70.2 Å². The van der Waals surface area contributed by atoms with E-state index in [4.69, 9.17) is 10.5 Å². The van der Waals surface area contributed by atoms with Gasteiger partial charge in [0.1, 0.15) is 17.7 Å². The Hall–Kier alpha value is -5.33. The number of rotatable bonds is 10. The van der Waals surface area contributed by atoms with Gasteiger partial charge >= 0.3 is 0 Å². The number of nitrogens with two attached hydrogens (primary N) is 1. The predicted octanol–water partition coefficient (Wildman–Crippen LogP) is 1.23. The van der Waals surface area contributed by atoms with Gasteiger partial charge in [-0.2, -0.15) is 0 Å². The molecular weight excluding hydrogens is 704 g/mol. The van der Waals surface area contributed by atoms with Gasteiger partial charge in [-0.3, -0.25) is 29.4 Å². The molecule has 4 aliphatic rings. The average Bonchev–Trinajstić information content (AvgIpc) is 3.17. The second kappa shape index (κ2) is 16.4. The van der Waals surface area contributed by atoms with Gasteiger partial charge in [0.05, 0.1) is 30.5 Å². The molecule has 4 saturated heterocycles. The van der Waals surface area contributed by atoms with Crippen LogP contribution in [0, 0.1) is 17.6 Å². The first-order valence-corrected chi connectivity index (χ1v) is 18.2. The molecule has 3 aromatic rings. The zero-order valence-electron chi connectivity index (χ0n) is 29.7. The average molecular weight is 748 g/mol. The van der Waals surface area contributed by atoms with Gasteiger partial charge in [-0.25, -0.2) is 13.8 Å². The number of aromatic nitrogens is 3. The SMILES string of the molecule is NC(=O)c1nnc(C2COCCN2)nc1Nc1ccc(N2CCN(CC3CCN(c4ccc(C(=O)NC5CCC(=O)NC5=O)c(F)c4)CC3)CC2)c(F)c1. The summed E-state index contributed by atoms with van der Waals surface area (Å²) in [6, 6.07) is 8.12. The molecule has 0 radical (unpaired) electrons. The number of hydrogen-bond acceptors (Lipinski definition) is 13. The Morgan fingerprint density at radius 1 is 0.944 bits per heavy atom. The summed E-state index contributed by atoms with van der Waals surface area (Å²) >= 11 is 0. The molecule has 4 amide bonds. The van der Waals surface area contributed by atoms with E-state index < -0.39 is 41.3 Å². The van der Waals surface area contributed by atoms with E-state index in [1.54, 1.807) is 18.2 Å². The zero-order valence-corrected chi connectivity index (χ0v) is 29.7. The minimum Gasteiger partial charge on any atom is -0.378 e. The smallest absolute Gasteiger partial charge is 0.273 e. The van der Waals surface area contributed by atoms with Gasteiger partial charge in [0.2, 0.25) is 11.8 Å². The molecule has 4 aliphatic heterocycles. The standard InChI is InChI=1S/C36H43F2N11O5/c37-25-18-23(2-3-24(25)35(52)42-27-4-6-30(50)43-36(27)53)48-10-7-21(8-11-48)19-47-12-14-49(15-13-47)29-5-1-22(17-26(29)38)41-34-31(32(39)51)45-46-33(44-34)28-20-54-16-9-40-28/h1-3,5,17-18,21,27-28,40H,4,6-16,19-20H2,(H2,39,51)(H,42,52)(H,41,44,46)(H,43,50,53). The fourth-order valence-corrected chi connectivity index (χ4v) is 7.31. The summed E-state index contributed by atoms with van der Waals surface area (Å²) in [5.74, 6) is -2.68. The molecule has 16 nitrogen and oxygen atoms in total. The summed E-state index contributed by atoms with van der Waals surface area (Å²) in [7, 11) is 0. The number of primary amides is 1. The number of halogens is 2. The number of carbonyl (C=O) groups is 4. The molecule has 0 spiro atoms. The lowest BCUT2D eigenvalue weighted by Crippen LogP contribution is -2.52. The van der Waals surface area contributed by atoms with Crippen molar-refractivity contribution in [1.29, 1.82) is 0 Å². The second-order valence-electron chi connectivity index (χ2n) is 14.0. The molecule has 2 aromatic carbocycles. The van der Waals surface area contributed by atoms with Crippen LogP contribution >= 0.6 is 0 Å². The number of morpholine rings is 1. The van der Waals surface area contributed by atoms with Crippen molar-refractivity contribution in [2.45, 2.75) is 37.8 Å². The third-order valence-electron chi connectivity index (χ3n) is 10.3. The van der Waals surface area contributed by atoms with Gasteiger partial charge in [-0.1, -0.05) is 0 Å². The van der Waals surface area contributed by atoms with Crippen LogP contribution in [0.25, 0.3) is 0 Å². The number of hydrogen-bond donors (Lipinski definition) is 5. The van der Waals surface area contributed by atoms with E-state index in [9.17, 15) is 19.2 Å². The zero-order chi connectivity index (χ0) is 37.8. The van der Waals surface area contributed by atoms with Crippen molar-refractivity contribution in [3.63, 3.8) is 0 Å². The summed E-state index contributed by atoms with van der Waals surface area (Å²) in [6.45, 7) is 6.84. The minimum atomic E-state index is -0.878. The molecule has 4 fully saturated rings. The maximum atomic E-state index is 15.5. The molecule has 1 aromatic heterocycles. The Labute approximate surface area is 310 Å². The molecule has 2 atom stereocenters. The van der Waals surface area contributed by atoms with E-state index >= 15 is 8.78 Å². The lowest BCUT2D eigenvalue weighted by molar-refractivity contribution is -0.134. The summed E-state index contributed by atoms with van der Waals surface area (Å²) in [5, 5.41) is 18.9. The van der Waals surface area contributed by atoms with Crippen molar-refractivity contribution < 1.29 is 32.7 Å². The summed E-state index contributed by atoms with van der Waals surface area (Å²) in [4.78, 5) is 59.0. The fraction of sp³-hybridized carbons (Fsp3) is 0.472.